The van der Waals surface area contributed by atoms with Crippen LogP contribution in [0.5, 0.6) is 11.5 Å². The summed E-state index contributed by atoms with van der Waals surface area (Å²) in [7, 11) is 0. The number of rotatable bonds is 7. The SMILES string of the molecule is C#CCNC1CCc2c(OCCOc3cccc4ccccc34)cccc21. The number of benzene rings is 3. The van der Waals surface area contributed by atoms with Gasteiger partial charge in [-0.2, -0.15) is 0 Å². The van der Waals surface area contributed by atoms with E-state index in [1.54, 1.807) is 0 Å². The molecule has 1 unspecified atom stereocenters. The van der Waals surface area contributed by atoms with E-state index in [-0.39, 0.29) is 0 Å². The Bertz CT molecular complexity index is 968. The van der Waals surface area contributed by atoms with E-state index < -0.39 is 0 Å². The van der Waals surface area contributed by atoms with Gasteiger partial charge in [0.2, 0.25) is 0 Å². The van der Waals surface area contributed by atoms with Crippen molar-refractivity contribution >= 4 is 10.8 Å². The van der Waals surface area contributed by atoms with Crippen molar-refractivity contribution in [3.05, 3.63) is 71.8 Å². The average molecular weight is 357 g/mol. The first kappa shape index (κ1) is 17.5. The summed E-state index contributed by atoms with van der Waals surface area (Å²) in [6.45, 7) is 1.62. The smallest absolute Gasteiger partial charge is 0.127 e. The van der Waals surface area contributed by atoms with E-state index >= 15 is 0 Å². The lowest BCUT2D eigenvalue weighted by molar-refractivity contribution is 0.217. The van der Waals surface area contributed by atoms with E-state index in [0.717, 1.165) is 29.7 Å². The molecule has 1 atom stereocenters. The molecule has 3 aromatic rings. The summed E-state index contributed by atoms with van der Waals surface area (Å²) in [6, 6.07) is 20.9. The molecule has 3 heteroatoms. The Balaban J connectivity index is 1.38. The monoisotopic (exact) mass is 357 g/mol. The maximum absolute atomic E-state index is 6.04. The summed E-state index contributed by atoms with van der Waals surface area (Å²) >= 11 is 0. The fourth-order valence-electron chi connectivity index (χ4n) is 3.77. The highest BCUT2D eigenvalue weighted by atomic mass is 16.5. The van der Waals surface area contributed by atoms with Crippen LogP contribution in [0.15, 0.2) is 60.7 Å². The van der Waals surface area contributed by atoms with E-state index in [9.17, 15) is 0 Å². The van der Waals surface area contributed by atoms with Crippen LogP contribution in [0.2, 0.25) is 0 Å². The maximum Gasteiger partial charge on any atom is 0.127 e. The molecule has 0 bridgehead atoms. The molecule has 0 saturated carbocycles. The zero-order chi connectivity index (χ0) is 18.5. The molecule has 0 fully saturated rings. The first-order valence-electron chi connectivity index (χ1n) is 9.39. The minimum atomic E-state index is 0.325. The lowest BCUT2D eigenvalue weighted by Crippen LogP contribution is -2.19. The molecule has 1 N–H and O–H groups in total. The lowest BCUT2D eigenvalue weighted by Gasteiger charge is -2.14. The first-order valence-corrected chi connectivity index (χ1v) is 9.39. The molecule has 0 aliphatic heterocycles. The van der Waals surface area contributed by atoms with Crippen LogP contribution in [0.1, 0.15) is 23.6 Å². The predicted molar refractivity (Wildman–Crippen MR) is 109 cm³/mol. The Morgan fingerprint density at radius 2 is 1.67 bits per heavy atom. The third kappa shape index (κ3) is 3.77. The molecule has 0 heterocycles. The third-order valence-electron chi connectivity index (χ3n) is 5.03. The molecule has 0 aromatic heterocycles. The molecule has 27 heavy (non-hydrogen) atoms. The number of hydrogen-bond acceptors (Lipinski definition) is 3. The Hall–Kier alpha value is -2.96. The van der Waals surface area contributed by atoms with Crippen molar-refractivity contribution in [2.24, 2.45) is 0 Å². The van der Waals surface area contributed by atoms with Gasteiger partial charge in [0.05, 0.1) is 6.54 Å². The zero-order valence-corrected chi connectivity index (χ0v) is 15.3. The highest BCUT2D eigenvalue weighted by Gasteiger charge is 2.24. The van der Waals surface area contributed by atoms with Gasteiger partial charge in [-0.05, 0) is 41.5 Å². The first-order chi connectivity index (χ1) is 13.4. The lowest BCUT2D eigenvalue weighted by atomic mass is 10.1. The summed E-state index contributed by atoms with van der Waals surface area (Å²) in [5.41, 5.74) is 2.59. The minimum absolute atomic E-state index is 0.325. The molecule has 136 valence electrons. The zero-order valence-electron chi connectivity index (χ0n) is 15.3. The number of ether oxygens (including phenoxy) is 2. The van der Waals surface area contributed by atoms with Gasteiger partial charge >= 0.3 is 0 Å². The quantitative estimate of drug-likeness (QED) is 0.499. The minimum Gasteiger partial charge on any atom is -0.490 e. The van der Waals surface area contributed by atoms with Gasteiger partial charge in [0, 0.05) is 11.4 Å². The van der Waals surface area contributed by atoms with Gasteiger partial charge in [-0.15, -0.1) is 6.42 Å². The third-order valence-corrected chi connectivity index (χ3v) is 5.03. The molecule has 1 aliphatic rings. The summed E-state index contributed by atoms with van der Waals surface area (Å²) < 4.78 is 12.0. The number of terminal acetylenes is 1. The fraction of sp³-hybridized carbons (Fsp3) is 0.250. The van der Waals surface area contributed by atoms with Gasteiger partial charge in [-0.3, -0.25) is 5.32 Å². The molecule has 4 rings (SSSR count). The molecule has 0 saturated heterocycles. The molecule has 0 spiro atoms. The largest absolute Gasteiger partial charge is 0.490 e. The summed E-state index contributed by atoms with van der Waals surface area (Å²) in [6.07, 6.45) is 7.44. The Labute approximate surface area is 160 Å². The second-order valence-corrected chi connectivity index (χ2v) is 6.67. The summed E-state index contributed by atoms with van der Waals surface area (Å²) in [5, 5.41) is 5.71. The van der Waals surface area contributed by atoms with Crippen LogP contribution in [0.3, 0.4) is 0 Å². The fourth-order valence-corrected chi connectivity index (χ4v) is 3.77. The van der Waals surface area contributed by atoms with Gasteiger partial charge in [-0.25, -0.2) is 0 Å². The van der Waals surface area contributed by atoms with E-state index in [4.69, 9.17) is 15.9 Å². The van der Waals surface area contributed by atoms with Gasteiger partial charge in [0.25, 0.3) is 0 Å². The predicted octanol–water partition coefficient (Wildman–Crippen LogP) is 4.51. The Morgan fingerprint density at radius 1 is 0.926 bits per heavy atom. The molecule has 0 radical (unpaired) electrons. The highest BCUT2D eigenvalue weighted by molar-refractivity contribution is 5.88. The van der Waals surface area contributed by atoms with Gasteiger partial charge in [-0.1, -0.05) is 54.5 Å². The van der Waals surface area contributed by atoms with Crippen molar-refractivity contribution in [1.29, 1.82) is 0 Å². The molecule has 3 nitrogen and oxygen atoms in total. The van der Waals surface area contributed by atoms with Crippen molar-refractivity contribution in [2.75, 3.05) is 19.8 Å². The van der Waals surface area contributed by atoms with Crippen molar-refractivity contribution in [3.63, 3.8) is 0 Å². The average Bonchev–Trinajstić information content (AvgIpc) is 3.13. The second-order valence-electron chi connectivity index (χ2n) is 6.67. The van der Waals surface area contributed by atoms with Crippen LogP contribution < -0.4 is 14.8 Å². The van der Waals surface area contributed by atoms with E-state index in [1.807, 2.05) is 30.3 Å². The molecular weight excluding hydrogens is 334 g/mol. The van der Waals surface area contributed by atoms with Gasteiger partial charge in [0.1, 0.15) is 24.7 Å². The van der Waals surface area contributed by atoms with Crippen LogP contribution in [0, 0.1) is 12.3 Å². The maximum atomic E-state index is 6.04. The second kappa shape index (κ2) is 8.16. The van der Waals surface area contributed by atoms with E-state index in [1.165, 1.54) is 16.5 Å². The van der Waals surface area contributed by atoms with Crippen LogP contribution in [0.25, 0.3) is 10.8 Å². The number of hydrogen-bond donors (Lipinski definition) is 1. The number of fused-ring (bicyclic) bond motifs is 2. The van der Waals surface area contributed by atoms with Crippen molar-refractivity contribution < 1.29 is 9.47 Å². The van der Waals surface area contributed by atoms with E-state index in [0.29, 0.717) is 25.8 Å². The summed E-state index contributed by atoms with van der Waals surface area (Å²) in [5.74, 6) is 4.51. The van der Waals surface area contributed by atoms with Crippen molar-refractivity contribution in [2.45, 2.75) is 18.9 Å². The molecule has 1 aliphatic carbocycles. The Morgan fingerprint density at radius 3 is 2.56 bits per heavy atom. The summed E-state index contributed by atoms with van der Waals surface area (Å²) in [4.78, 5) is 0. The van der Waals surface area contributed by atoms with Crippen molar-refractivity contribution in [1.82, 2.24) is 5.32 Å². The van der Waals surface area contributed by atoms with Gasteiger partial charge < -0.3 is 9.47 Å². The van der Waals surface area contributed by atoms with E-state index in [2.05, 4.69) is 41.6 Å². The highest BCUT2D eigenvalue weighted by Crippen LogP contribution is 2.36. The normalized spacial score (nSPS) is 15.3. The topological polar surface area (TPSA) is 30.5 Å². The molecule has 3 aromatic carbocycles. The molecule has 0 amide bonds. The van der Waals surface area contributed by atoms with Crippen molar-refractivity contribution in [3.8, 4) is 23.8 Å². The van der Waals surface area contributed by atoms with Gasteiger partial charge in [0.15, 0.2) is 0 Å². The number of nitrogens with one attached hydrogen (secondary N) is 1. The molecular formula is C24H23NO2. The standard InChI is InChI=1S/C24H23NO2/c1-2-15-25-22-14-13-21-20(22)10-6-12-24(21)27-17-16-26-23-11-5-8-18-7-3-4-9-19(18)23/h1,3-12,22,25H,13-17H2. The van der Waals surface area contributed by atoms with Crippen LogP contribution in [-0.2, 0) is 6.42 Å². The Kier molecular flexibility index (Phi) is 5.27. The van der Waals surface area contributed by atoms with Crippen LogP contribution in [-0.4, -0.2) is 19.8 Å². The van der Waals surface area contributed by atoms with Crippen LogP contribution >= 0.6 is 0 Å². The van der Waals surface area contributed by atoms with Crippen LogP contribution in [0.4, 0.5) is 0 Å².